The van der Waals surface area contributed by atoms with Crippen LogP contribution in [0, 0.1) is 0 Å². The summed E-state index contributed by atoms with van der Waals surface area (Å²) in [7, 11) is 1.33. The lowest BCUT2D eigenvalue weighted by Gasteiger charge is -2.13. The molecule has 8 nitrogen and oxygen atoms in total. The first-order chi connectivity index (χ1) is 11.7. The molecule has 1 aliphatic heterocycles. The first kappa shape index (κ1) is 14.7. The van der Waals surface area contributed by atoms with Crippen LogP contribution in [0.25, 0.3) is 11.1 Å². The fourth-order valence-corrected chi connectivity index (χ4v) is 2.70. The van der Waals surface area contributed by atoms with Crippen LogP contribution in [-0.4, -0.2) is 34.2 Å². The summed E-state index contributed by atoms with van der Waals surface area (Å²) in [4.78, 5) is 20.6. The minimum absolute atomic E-state index is 0.337. The molecule has 0 saturated carbocycles. The number of nitrogens with one attached hydrogen (secondary N) is 1. The normalized spacial score (nSPS) is 13.7. The van der Waals surface area contributed by atoms with Crippen LogP contribution in [-0.2, 0) is 29.2 Å². The van der Waals surface area contributed by atoms with Crippen molar-refractivity contribution in [2.75, 3.05) is 19.0 Å². The van der Waals surface area contributed by atoms with Crippen LogP contribution >= 0.6 is 0 Å². The number of carbonyl (C=O) groups is 1. The first-order valence-electron chi connectivity index (χ1n) is 7.59. The van der Waals surface area contributed by atoms with E-state index >= 15 is 0 Å². The Balaban J connectivity index is 1.54. The van der Waals surface area contributed by atoms with E-state index in [0.717, 1.165) is 18.1 Å². The number of ether oxygens (including phenoxy) is 2. The van der Waals surface area contributed by atoms with Gasteiger partial charge >= 0.3 is 5.97 Å². The van der Waals surface area contributed by atoms with Gasteiger partial charge in [-0.3, -0.25) is 0 Å². The monoisotopic (exact) mass is 328 g/mol. The number of imidazole rings is 1. The molecular formula is C16H16N4O4. The van der Waals surface area contributed by atoms with Crippen LogP contribution in [0.15, 0.2) is 28.8 Å². The molecule has 4 rings (SSSR count). The summed E-state index contributed by atoms with van der Waals surface area (Å²) in [5.41, 5.74) is 2.23. The van der Waals surface area contributed by atoms with E-state index in [1.54, 1.807) is 18.2 Å². The van der Waals surface area contributed by atoms with E-state index in [-0.39, 0.29) is 0 Å². The number of oxazole rings is 1. The van der Waals surface area contributed by atoms with Crippen molar-refractivity contribution in [3.63, 3.8) is 0 Å². The molecule has 3 aromatic rings. The van der Waals surface area contributed by atoms with Crippen molar-refractivity contribution < 1.29 is 18.7 Å². The Morgan fingerprint density at radius 3 is 3.17 bits per heavy atom. The average Bonchev–Trinajstić information content (AvgIpc) is 3.21. The summed E-state index contributed by atoms with van der Waals surface area (Å²) < 4.78 is 17.9. The van der Waals surface area contributed by atoms with E-state index < -0.39 is 5.97 Å². The molecule has 8 heteroatoms. The third kappa shape index (κ3) is 2.61. The molecule has 0 fully saturated rings. The molecule has 0 aliphatic carbocycles. The van der Waals surface area contributed by atoms with Gasteiger partial charge in [0.25, 0.3) is 6.01 Å². The van der Waals surface area contributed by atoms with E-state index in [2.05, 4.69) is 19.9 Å². The molecule has 0 radical (unpaired) electrons. The second kappa shape index (κ2) is 5.97. The SMILES string of the molecule is COC(=O)c1cccc2nc(NCc3cn4c(n3)COCC4)oc12. The highest BCUT2D eigenvalue weighted by Crippen LogP contribution is 2.23. The van der Waals surface area contributed by atoms with Crippen molar-refractivity contribution in [1.82, 2.24) is 14.5 Å². The number of hydrogen-bond donors (Lipinski definition) is 1. The molecule has 1 aliphatic rings. The highest BCUT2D eigenvalue weighted by atomic mass is 16.5. The summed E-state index contributed by atoms with van der Waals surface area (Å²) in [5, 5.41) is 3.10. The molecular weight excluding hydrogens is 312 g/mol. The van der Waals surface area contributed by atoms with Crippen LogP contribution in [0.4, 0.5) is 6.01 Å². The van der Waals surface area contributed by atoms with Crippen molar-refractivity contribution >= 4 is 23.1 Å². The van der Waals surface area contributed by atoms with Gasteiger partial charge in [0.2, 0.25) is 0 Å². The maximum Gasteiger partial charge on any atom is 0.341 e. The van der Waals surface area contributed by atoms with Crippen LogP contribution in [0.1, 0.15) is 21.9 Å². The number of anilines is 1. The van der Waals surface area contributed by atoms with Gasteiger partial charge in [-0.2, -0.15) is 4.98 Å². The Hall–Kier alpha value is -2.87. The van der Waals surface area contributed by atoms with Crippen molar-refractivity contribution in [1.29, 1.82) is 0 Å². The minimum atomic E-state index is -0.454. The number of esters is 1. The Morgan fingerprint density at radius 2 is 2.33 bits per heavy atom. The fourth-order valence-electron chi connectivity index (χ4n) is 2.70. The second-order valence-electron chi connectivity index (χ2n) is 5.41. The Labute approximate surface area is 137 Å². The minimum Gasteiger partial charge on any atom is -0.465 e. The predicted octanol–water partition coefficient (Wildman–Crippen LogP) is 1.95. The van der Waals surface area contributed by atoms with Gasteiger partial charge in [0, 0.05) is 12.7 Å². The predicted molar refractivity (Wildman–Crippen MR) is 84.6 cm³/mol. The first-order valence-corrected chi connectivity index (χ1v) is 7.59. The average molecular weight is 328 g/mol. The molecule has 0 unspecified atom stereocenters. The number of carbonyl (C=O) groups excluding carboxylic acids is 1. The van der Waals surface area contributed by atoms with Gasteiger partial charge in [-0.25, -0.2) is 9.78 Å². The summed E-state index contributed by atoms with van der Waals surface area (Å²) in [6.07, 6.45) is 1.99. The number of nitrogens with zero attached hydrogens (tertiary/aromatic N) is 3. The van der Waals surface area contributed by atoms with Crippen LogP contribution in [0.5, 0.6) is 0 Å². The quantitative estimate of drug-likeness (QED) is 0.732. The van der Waals surface area contributed by atoms with Gasteiger partial charge in [0.05, 0.1) is 26.0 Å². The topological polar surface area (TPSA) is 91.4 Å². The number of rotatable bonds is 4. The number of aromatic nitrogens is 3. The molecule has 24 heavy (non-hydrogen) atoms. The van der Waals surface area contributed by atoms with Gasteiger partial charge in [-0.1, -0.05) is 6.07 Å². The highest BCUT2D eigenvalue weighted by Gasteiger charge is 2.16. The lowest BCUT2D eigenvalue weighted by molar-refractivity contribution is 0.0602. The molecule has 0 amide bonds. The zero-order valence-corrected chi connectivity index (χ0v) is 13.1. The third-order valence-electron chi connectivity index (χ3n) is 3.86. The highest BCUT2D eigenvalue weighted by molar-refractivity contribution is 6.01. The molecule has 3 heterocycles. The smallest absolute Gasteiger partial charge is 0.341 e. The van der Waals surface area contributed by atoms with E-state index in [9.17, 15) is 4.79 Å². The zero-order chi connectivity index (χ0) is 16.5. The van der Waals surface area contributed by atoms with E-state index in [1.807, 2.05) is 6.20 Å². The Morgan fingerprint density at radius 1 is 1.42 bits per heavy atom. The van der Waals surface area contributed by atoms with Gasteiger partial charge in [-0.15, -0.1) is 0 Å². The van der Waals surface area contributed by atoms with E-state index in [1.165, 1.54) is 7.11 Å². The molecule has 0 spiro atoms. The summed E-state index contributed by atoms with van der Waals surface area (Å²) in [5.74, 6) is 0.466. The van der Waals surface area contributed by atoms with Gasteiger partial charge in [-0.05, 0) is 12.1 Å². The molecule has 0 bridgehead atoms. The number of para-hydroxylation sites is 1. The third-order valence-corrected chi connectivity index (χ3v) is 3.86. The molecule has 1 aromatic carbocycles. The van der Waals surface area contributed by atoms with Crippen molar-refractivity contribution in [2.45, 2.75) is 19.7 Å². The fraction of sp³-hybridized carbons (Fsp3) is 0.312. The van der Waals surface area contributed by atoms with E-state index in [0.29, 0.717) is 42.4 Å². The van der Waals surface area contributed by atoms with E-state index in [4.69, 9.17) is 13.9 Å². The van der Waals surface area contributed by atoms with Gasteiger partial charge in [0.1, 0.15) is 23.5 Å². The number of fused-ring (bicyclic) bond motifs is 2. The maximum absolute atomic E-state index is 11.8. The molecule has 124 valence electrons. The molecule has 0 atom stereocenters. The Bertz CT molecular complexity index is 875. The van der Waals surface area contributed by atoms with Crippen LogP contribution < -0.4 is 5.32 Å². The van der Waals surface area contributed by atoms with Crippen molar-refractivity contribution in [3.05, 3.63) is 41.5 Å². The van der Waals surface area contributed by atoms with Gasteiger partial charge < -0.3 is 23.8 Å². The van der Waals surface area contributed by atoms with Gasteiger partial charge in [0.15, 0.2) is 5.58 Å². The molecule has 0 saturated heterocycles. The lowest BCUT2D eigenvalue weighted by Crippen LogP contribution is -2.15. The Kier molecular flexibility index (Phi) is 3.66. The van der Waals surface area contributed by atoms with Crippen molar-refractivity contribution in [3.8, 4) is 0 Å². The number of methoxy groups -OCH3 is 1. The second-order valence-corrected chi connectivity index (χ2v) is 5.41. The van der Waals surface area contributed by atoms with Crippen LogP contribution in [0.2, 0.25) is 0 Å². The van der Waals surface area contributed by atoms with Crippen molar-refractivity contribution in [2.24, 2.45) is 0 Å². The standard InChI is InChI=1S/C16H16N4O4/c1-22-15(21)11-3-2-4-12-14(11)24-16(19-12)17-7-10-8-20-5-6-23-9-13(20)18-10/h2-4,8H,5-7,9H2,1H3,(H,17,19). The summed E-state index contributed by atoms with van der Waals surface area (Å²) in [6, 6.07) is 5.50. The maximum atomic E-state index is 11.8. The molecule has 1 N–H and O–H groups in total. The zero-order valence-electron chi connectivity index (χ0n) is 13.1. The number of hydrogen-bond acceptors (Lipinski definition) is 7. The lowest BCUT2D eigenvalue weighted by atomic mass is 10.2. The number of benzene rings is 1. The summed E-state index contributed by atoms with van der Waals surface area (Å²) in [6.45, 7) is 2.52. The van der Waals surface area contributed by atoms with Crippen LogP contribution in [0.3, 0.4) is 0 Å². The molecule has 2 aromatic heterocycles. The summed E-state index contributed by atoms with van der Waals surface area (Å²) >= 11 is 0. The largest absolute Gasteiger partial charge is 0.465 e.